The Balaban J connectivity index is 2.07. The molecule has 0 unspecified atom stereocenters. The van der Waals surface area contributed by atoms with E-state index < -0.39 is 0 Å². The van der Waals surface area contributed by atoms with Crippen LogP contribution in [0.25, 0.3) is 0 Å². The minimum absolute atomic E-state index is 0.552. The van der Waals surface area contributed by atoms with E-state index in [1.807, 2.05) is 0 Å². The average molecular weight is 227 g/mol. The van der Waals surface area contributed by atoms with Crippen LogP contribution in [0.2, 0.25) is 0 Å². The molecule has 0 bridgehead atoms. The van der Waals surface area contributed by atoms with Crippen LogP contribution in [0.15, 0.2) is 4.99 Å². The molecule has 4 heteroatoms. The zero-order chi connectivity index (χ0) is 11.6. The number of hydrogen-bond donors (Lipinski definition) is 2. The lowest BCUT2D eigenvalue weighted by Gasteiger charge is -2.23. The Hall–Kier alpha value is -0.770. The molecular weight excluding hydrogens is 202 g/mol. The summed E-state index contributed by atoms with van der Waals surface area (Å²) in [5.41, 5.74) is 5.83. The highest BCUT2D eigenvalue weighted by molar-refractivity contribution is 5.78. The van der Waals surface area contributed by atoms with E-state index in [0.29, 0.717) is 12.0 Å². The highest BCUT2D eigenvalue weighted by Gasteiger charge is 2.12. The fourth-order valence-electron chi connectivity index (χ4n) is 2.06. The smallest absolute Gasteiger partial charge is 0.188 e. The highest BCUT2D eigenvalue weighted by Crippen LogP contribution is 2.16. The third kappa shape index (κ3) is 5.95. The van der Waals surface area contributed by atoms with Gasteiger partial charge in [0.1, 0.15) is 0 Å². The number of nitrogens with one attached hydrogen (secondary N) is 1. The lowest BCUT2D eigenvalue weighted by molar-refractivity contribution is 0.193. The van der Waals surface area contributed by atoms with Crippen LogP contribution in [0, 0.1) is 0 Å². The van der Waals surface area contributed by atoms with Crippen LogP contribution in [0.3, 0.4) is 0 Å². The van der Waals surface area contributed by atoms with Crippen LogP contribution in [0.4, 0.5) is 0 Å². The summed E-state index contributed by atoms with van der Waals surface area (Å²) in [7, 11) is 1.72. The van der Waals surface area contributed by atoms with Crippen molar-refractivity contribution in [2.75, 3.05) is 20.3 Å². The summed E-state index contributed by atoms with van der Waals surface area (Å²) in [6.07, 6.45) is 8.57. The zero-order valence-corrected chi connectivity index (χ0v) is 10.4. The summed E-state index contributed by atoms with van der Waals surface area (Å²) in [4.78, 5) is 4.32. The highest BCUT2D eigenvalue weighted by atomic mass is 16.5. The van der Waals surface area contributed by atoms with Gasteiger partial charge >= 0.3 is 0 Å². The number of aliphatic imine (C=N–C) groups is 1. The Morgan fingerprint density at radius 1 is 1.31 bits per heavy atom. The third-order valence-corrected chi connectivity index (χ3v) is 3.00. The van der Waals surface area contributed by atoms with Crippen LogP contribution in [-0.2, 0) is 4.74 Å². The van der Waals surface area contributed by atoms with Crippen molar-refractivity contribution in [2.24, 2.45) is 10.7 Å². The van der Waals surface area contributed by atoms with E-state index in [-0.39, 0.29) is 0 Å². The molecule has 0 aromatic heterocycles. The summed E-state index contributed by atoms with van der Waals surface area (Å²) in [6.45, 7) is 1.61. The van der Waals surface area contributed by atoms with E-state index in [2.05, 4.69) is 10.3 Å². The van der Waals surface area contributed by atoms with Crippen molar-refractivity contribution in [3.8, 4) is 0 Å². The van der Waals surface area contributed by atoms with Gasteiger partial charge in [0.25, 0.3) is 0 Å². The quantitative estimate of drug-likeness (QED) is 0.412. The Morgan fingerprint density at radius 3 is 2.75 bits per heavy atom. The fraction of sp³-hybridized carbons (Fsp3) is 0.917. The summed E-state index contributed by atoms with van der Waals surface area (Å²) in [5.74, 6) is 0.615. The number of unbranched alkanes of at least 4 members (excludes halogenated alkanes) is 1. The maximum Gasteiger partial charge on any atom is 0.188 e. The summed E-state index contributed by atoms with van der Waals surface area (Å²) in [6, 6.07) is 0.552. The van der Waals surface area contributed by atoms with E-state index in [9.17, 15) is 0 Å². The van der Waals surface area contributed by atoms with Crippen molar-refractivity contribution >= 4 is 5.96 Å². The molecule has 0 radical (unpaired) electrons. The standard InChI is InChI=1S/C12H25N3O/c1-16-10-6-5-9-14-12(13)15-11-7-3-2-4-8-11/h11H,2-10H2,1H3,(H3,13,14,15). The van der Waals surface area contributed by atoms with Gasteiger partial charge in [-0.15, -0.1) is 0 Å². The van der Waals surface area contributed by atoms with Gasteiger partial charge in [-0.25, -0.2) is 0 Å². The number of ether oxygens (including phenoxy) is 1. The van der Waals surface area contributed by atoms with Gasteiger partial charge in [0, 0.05) is 26.3 Å². The van der Waals surface area contributed by atoms with Crippen LogP contribution < -0.4 is 11.1 Å². The Bertz CT molecular complexity index is 200. The van der Waals surface area contributed by atoms with Gasteiger partial charge in [-0.3, -0.25) is 4.99 Å². The zero-order valence-electron chi connectivity index (χ0n) is 10.4. The van der Waals surface area contributed by atoms with Crippen LogP contribution in [0.1, 0.15) is 44.9 Å². The second-order valence-electron chi connectivity index (χ2n) is 4.45. The number of nitrogens with zero attached hydrogens (tertiary/aromatic N) is 1. The summed E-state index contributed by atoms with van der Waals surface area (Å²) in [5, 5.41) is 3.31. The molecule has 0 spiro atoms. The predicted octanol–water partition coefficient (Wildman–Crippen LogP) is 1.65. The van der Waals surface area contributed by atoms with Gasteiger partial charge in [-0.05, 0) is 25.7 Å². The largest absolute Gasteiger partial charge is 0.385 e. The second-order valence-corrected chi connectivity index (χ2v) is 4.45. The third-order valence-electron chi connectivity index (χ3n) is 3.00. The molecule has 0 aliphatic heterocycles. The van der Waals surface area contributed by atoms with E-state index >= 15 is 0 Å². The molecule has 3 N–H and O–H groups in total. The number of guanidine groups is 1. The van der Waals surface area contributed by atoms with Gasteiger partial charge in [-0.1, -0.05) is 19.3 Å². The van der Waals surface area contributed by atoms with E-state index in [4.69, 9.17) is 10.5 Å². The van der Waals surface area contributed by atoms with Gasteiger partial charge in [0.2, 0.25) is 0 Å². The van der Waals surface area contributed by atoms with Crippen LogP contribution in [-0.4, -0.2) is 32.3 Å². The predicted molar refractivity (Wildman–Crippen MR) is 67.6 cm³/mol. The first kappa shape index (κ1) is 13.3. The molecule has 1 fully saturated rings. The molecule has 0 heterocycles. The maximum absolute atomic E-state index is 5.83. The first-order chi connectivity index (χ1) is 7.83. The first-order valence-electron chi connectivity index (χ1n) is 6.38. The Morgan fingerprint density at radius 2 is 2.06 bits per heavy atom. The average Bonchev–Trinajstić information content (AvgIpc) is 2.30. The molecule has 16 heavy (non-hydrogen) atoms. The monoisotopic (exact) mass is 227 g/mol. The number of methoxy groups -OCH3 is 1. The number of nitrogens with two attached hydrogens (primary N) is 1. The minimum atomic E-state index is 0.552. The Labute approximate surface area is 98.6 Å². The fourth-order valence-corrected chi connectivity index (χ4v) is 2.06. The van der Waals surface area contributed by atoms with Crippen molar-refractivity contribution in [1.29, 1.82) is 0 Å². The molecule has 1 saturated carbocycles. The molecule has 1 rings (SSSR count). The number of rotatable bonds is 6. The molecule has 1 aliphatic rings. The van der Waals surface area contributed by atoms with Crippen molar-refractivity contribution in [2.45, 2.75) is 51.0 Å². The molecular formula is C12H25N3O. The molecule has 0 saturated heterocycles. The van der Waals surface area contributed by atoms with E-state index in [1.165, 1.54) is 32.1 Å². The number of hydrogen-bond acceptors (Lipinski definition) is 2. The van der Waals surface area contributed by atoms with Crippen molar-refractivity contribution in [3.63, 3.8) is 0 Å². The molecule has 0 aromatic rings. The summed E-state index contributed by atoms with van der Waals surface area (Å²) >= 11 is 0. The lowest BCUT2D eigenvalue weighted by Crippen LogP contribution is -2.41. The SMILES string of the molecule is COCCCCN=C(N)NC1CCCCC1. The van der Waals surface area contributed by atoms with Crippen molar-refractivity contribution in [1.82, 2.24) is 5.32 Å². The minimum Gasteiger partial charge on any atom is -0.385 e. The van der Waals surface area contributed by atoms with Crippen LogP contribution >= 0.6 is 0 Å². The second kappa shape index (κ2) is 8.39. The molecule has 4 nitrogen and oxygen atoms in total. The maximum atomic E-state index is 5.83. The van der Waals surface area contributed by atoms with Gasteiger partial charge in [0.15, 0.2) is 5.96 Å². The van der Waals surface area contributed by atoms with E-state index in [0.717, 1.165) is 26.0 Å². The molecule has 1 aliphatic carbocycles. The normalized spacial score (nSPS) is 18.7. The lowest BCUT2D eigenvalue weighted by atomic mass is 9.96. The topological polar surface area (TPSA) is 59.6 Å². The van der Waals surface area contributed by atoms with Gasteiger partial charge < -0.3 is 15.8 Å². The van der Waals surface area contributed by atoms with Crippen LogP contribution in [0.5, 0.6) is 0 Å². The van der Waals surface area contributed by atoms with Gasteiger partial charge in [0.05, 0.1) is 0 Å². The molecule has 0 aromatic carbocycles. The van der Waals surface area contributed by atoms with Crippen molar-refractivity contribution < 1.29 is 4.74 Å². The van der Waals surface area contributed by atoms with Gasteiger partial charge in [-0.2, -0.15) is 0 Å². The summed E-state index contributed by atoms with van der Waals surface area (Å²) < 4.78 is 4.98. The Kier molecular flexibility index (Phi) is 6.97. The molecule has 0 amide bonds. The van der Waals surface area contributed by atoms with Crippen molar-refractivity contribution in [3.05, 3.63) is 0 Å². The molecule has 94 valence electrons. The van der Waals surface area contributed by atoms with E-state index in [1.54, 1.807) is 7.11 Å². The molecule has 0 atom stereocenters. The first-order valence-corrected chi connectivity index (χ1v) is 6.38.